The highest BCUT2D eigenvalue weighted by Crippen LogP contribution is 2.41. The first-order valence-electron chi connectivity index (χ1n) is 5.34. The van der Waals surface area contributed by atoms with E-state index in [0.717, 1.165) is 11.8 Å². The van der Waals surface area contributed by atoms with Crippen LogP contribution in [-0.2, 0) is 0 Å². The summed E-state index contributed by atoms with van der Waals surface area (Å²) >= 11 is 0. The summed E-state index contributed by atoms with van der Waals surface area (Å²) < 4.78 is 0. The fourth-order valence-electron chi connectivity index (χ4n) is 1.81. The Kier molecular flexibility index (Phi) is 3.96. The summed E-state index contributed by atoms with van der Waals surface area (Å²) in [6, 6.07) is 0. The summed E-state index contributed by atoms with van der Waals surface area (Å²) in [5, 5.41) is 0. The lowest BCUT2D eigenvalue weighted by Gasteiger charge is -1.98. The van der Waals surface area contributed by atoms with Crippen LogP contribution >= 0.6 is 0 Å². The molecule has 0 aliphatic heterocycles. The minimum atomic E-state index is 1.07. The Morgan fingerprint density at radius 2 is 1.73 bits per heavy atom. The van der Waals surface area contributed by atoms with E-state index in [4.69, 9.17) is 0 Å². The number of hydrogen-bond donors (Lipinski definition) is 0. The molecule has 0 heterocycles. The maximum atomic E-state index is 2.39. The second kappa shape index (κ2) is 4.79. The van der Waals surface area contributed by atoms with Gasteiger partial charge in [-0.3, -0.25) is 0 Å². The van der Waals surface area contributed by atoms with Crippen molar-refractivity contribution in [1.82, 2.24) is 0 Å². The van der Waals surface area contributed by atoms with Crippen LogP contribution in [0.2, 0.25) is 0 Å². The zero-order valence-electron chi connectivity index (χ0n) is 8.10. The van der Waals surface area contributed by atoms with Crippen LogP contribution in [0.4, 0.5) is 0 Å². The summed E-state index contributed by atoms with van der Waals surface area (Å²) in [4.78, 5) is 0. The molecule has 0 radical (unpaired) electrons. The van der Waals surface area contributed by atoms with Gasteiger partial charge in [-0.05, 0) is 18.3 Å². The molecule has 0 N–H and O–H groups in total. The van der Waals surface area contributed by atoms with Crippen molar-refractivity contribution in [3.8, 4) is 0 Å². The maximum absolute atomic E-state index is 2.39. The fourth-order valence-corrected chi connectivity index (χ4v) is 1.81. The minimum Gasteiger partial charge on any atom is -0.0654 e. The van der Waals surface area contributed by atoms with Crippen LogP contribution in [0.5, 0.6) is 0 Å². The SMILES string of the molecule is CCCCCCCC1CC1C. The standard InChI is InChI=1S/C11H22/c1-3-4-5-6-7-8-11-9-10(11)2/h10-11H,3-9H2,1-2H3. The lowest BCUT2D eigenvalue weighted by Crippen LogP contribution is -1.81. The Morgan fingerprint density at radius 1 is 1.09 bits per heavy atom. The highest BCUT2D eigenvalue weighted by atomic mass is 14.4. The van der Waals surface area contributed by atoms with E-state index in [1.54, 1.807) is 0 Å². The molecule has 0 bridgehead atoms. The van der Waals surface area contributed by atoms with Gasteiger partial charge in [-0.1, -0.05) is 52.4 Å². The summed E-state index contributed by atoms with van der Waals surface area (Å²) in [6.07, 6.45) is 10.3. The van der Waals surface area contributed by atoms with Crippen LogP contribution in [0, 0.1) is 11.8 Å². The summed E-state index contributed by atoms with van der Waals surface area (Å²) in [5.74, 6) is 2.19. The normalized spacial score (nSPS) is 28.9. The Bertz CT molecular complexity index is 96.2. The molecule has 66 valence electrons. The molecule has 11 heavy (non-hydrogen) atoms. The molecule has 0 aromatic heterocycles. The maximum Gasteiger partial charge on any atom is -0.0386 e. The van der Waals surface area contributed by atoms with Crippen LogP contribution in [0.3, 0.4) is 0 Å². The third-order valence-corrected chi connectivity index (χ3v) is 2.95. The number of hydrogen-bond acceptors (Lipinski definition) is 0. The molecule has 2 unspecified atom stereocenters. The second-order valence-corrected chi connectivity index (χ2v) is 4.18. The zero-order chi connectivity index (χ0) is 8.10. The number of unbranched alkanes of at least 4 members (excludes halogenated alkanes) is 4. The first kappa shape index (κ1) is 9.09. The topological polar surface area (TPSA) is 0 Å². The molecule has 0 saturated heterocycles. The van der Waals surface area contributed by atoms with Gasteiger partial charge >= 0.3 is 0 Å². The Morgan fingerprint density at radius 3 is 2.27 bits per heavy atom. The first-order chi connectivity index (χ1) is 5.34. The molecule has 1 fully saturated rings. The van der Waals surface area contributed by atoms with Gasteiger partial charge in [0, 0.05) is 0 Å². The molecule has 0 heteroatoms. The zero-order valence-corrected chi connectivity index (χ0v) is 8.10. The Balaban J connectivity index is 1.74. The summed E-state index contributed by atoms with van der Waals surface area (Å²) in [7, 11) is 0. The van der Waals surface area contributed by atoms with Gasteiger partial charge in [-0.15, -0.1) is 0 Å². The van der Waals surface area contributed by atoms with Crippen LogP contribution in [0.15, 0.2) is 0 Å². The van der Waals surface area contributed by atoms with Crippen molar-refractivity contribution < 1.29 is 0 Å². The minimum absolute atomic E-state index is 1.07. The van der Waals surface area contributed by atoms with E-state index in [-0.39, 0.29) is 0 Å². The van der Waals surface area contributed by atoms with E-state index in [1.807, 2.05) is 0 Å². The van der Waals surface area contributed by atoms with Gasteiger partial charge in [-0.2, -0.15) is 0 Å². The molecular formula is C11H22. The fraction of sp³-hybridized carbons (Fsp3) is 1.00. The van der Waals surface area contributed by atoms with Crippen molar-refractivity contribution in [2.75, 3.05) is 0 Å². The molecule has 1 rings (SSSR count). The highest BCUT2D eigenvalue weighted by Gasteiger charge is 2.31. The van der Waals surface area contributed by atoms with Crippen molar-refractivity contribution in [3.05, 3.63) is 0 Å². The molecule has 1 saturated carbocycles. The summed E-state index contributed by atoms with van der Waals surface area (Å²) in [5.41, 5.74) is 0. The predicted molar refractivity (Wildman–Crippen MR) is 50.6 cm³/mol. The second-order valence-electron chi connectivity index (χ2n) is 4.18. The van der Waals surface area contributed by atoms with Crippen molar-refractivity contribution in [3.63, 3.8) is 0 Å². The lowest BCUT2D eigenvalue weighted by atomic mass is 10.1. The molecule has 2 atom stereocenters. The van der Waals surface area contributed by atoms with Crippen LogP contribution in [0.1, 0.15) is 58.8 Å². The Labute approximate surface area is 71.4 Å². The van der Waals surface area contributed by atoms with Gasteiger partial charge in [-0.25, -0.2) is 0 Å². The monoisotopic (exact) mass is 154 g/mol. The third-order valence-electron chi connectivity index (χ3n) is 2.95. The third kappa shape index (κ3) is 3.79. The molecule has 0 amide bonds. The molecule has 0 aromatic rings. The smallest absolute Gasteiger partial charge is 0.0386 e. The Hall–Kier alpha value is 0. The average Bonchev–Trinajstić information content (AvgIpc) is 2.67. The largest absolute Gasteiger partial charge is 0.0654 e. The highest BCUT2D eigenvalue weighted by molar-refractivity contribution is 4.81. The molecule has 0 spiro atoms. The van der Waals surface area contributed by atoms with E-state index in [9.17, 15) is 0 Å². The van der Waals surface area contributed by atoms with Gasteiger partial charge < -0.3 is 0 Å². The average molecular weight is 154 g/mol. The van der Waals surface area contributed by atoms with Crippen LogP contribution in [-0.4, -0.2) is 0 Å². The van der Waals surface area contributed by atoms with Gasteiger partial charge in [0.05, 0.1) is 0 Å². The van der Waals surface area contributed by atoms with Crippen molar-refractivity contribution in [2.24, 2.45) is 11.8 Å². The van der Waals surface area contributed by atoms with Crippen molar-refractivity contribution >= 4 is 0 Å². The van der Waals surface area contributed by atoms with E-state index >= 15 is 0 Å². The summed E-state index contributed by atoms with van der Waals surface area (Å²) in [6.45, 7) is 4.67. The molecule has 0 nitrogen and oxygen atoms in total. The molecule has 1 aliphatic carbocycles. The quantitative estimate of drug-likeness (QED) is 0.507. The van der Waals surface area contributed by atoms with Crippen LogP contribution < -0.4 is 0 Å². The van der Waals surface area contributed by atoms with Gasteiger partial charge in [0.2, 0.25) is 0 Å². The van der Waals surface area contributed by atoms with E-state index in [1.165, 1.54) is 44.9 Å². The first-order valence-corrected chi connectivity index (χ1v) is 5.34. The van der Waals surface area contributed by atoms with Gasteiger partial charge in [0.15, 0.2) is 0 Å². The molecule has 0 aromatic carbocycles. The van der Waals surface area contributed by atoms with Gasteiger partial charge in [0.1, 0.15) is 0 Å². The van der Waals surface area contributed by atoms with E-state index < -0.39 is 0 Å². The van der Waals surface area contributed by atoms with E-state index in [0.29, 0.717) is 0 Å². The van der Waals surface area contributed by atoms with Gasteiger partial charge in [0.25, 0.3) is 0 Å². The van der Waals surface area contributed by atoms with E-state index in [2.05, 4.69) is 13.8 Å². The number of rotatable bonds is 6. The van der Waals surface area contributed by atoms with Crippen molar-refractivity contribution in [1.29, 1.82) is 0 Å². The predicted octanol–water partition coefficient (Wildman–Crippen LogP) is 4.00. The molecule has 1 aliphatic rings. The lowest BCUT2D eigenvalue weighted by molar-refractivity contribution is 0.565. The van der Waals surface area contributed by atoms with Crippen LogP contribution in [0.25, 0.3) is 0 Å². The van der Waals surface area contributed by atoms with Crippen molar-refractivity contribution in [2.45, 2.75) is 58.8 Å². The molecular weight excluding hydrogens is 132 g/mol.